The van der Waals surface area contributed by atoms with Gasteiger partial charge >= 0.3 is 11.9 Å². The largest absolute Gasteiger partial charge is 0.481 e. The number of carboxylic acids is 1. The van der Waals surface area contributed by atoms with Crippen LogP contribution in [0.3, 0.4) is 0 Å². The highest BCUT2D eigenvalue weighted by atomic mass is 16.5. The zero-order valence-electron chi connectivity index (χ0n) is 22.0. The average molecular weight is 467 g/mol. The Morgan fingerprint density at radius 1 is 0.636 bits per heavy atom. The molecule has 0 heterocycles. The molecule has 0 saturated carbocycles. The smallest absolute Gasteiger partial charge is 0.306 e. The van der Waals surface area contributed by atoms with Crippen LogP contribution in [0.4, 0.5) is 0 Å². The van der Waals surface area contributed by atoms with Gasteiger partial charge in [-0.1, -0.05) is 103 Å². The molecular formula is C29H54O4. The van der Waals surface area contributed by atoms with E-state index in [9.17, 15) is 9.59 Å². The van der Waals surface area contributed by atoms with Crippen LogP contribution in [-0.4, -0.2) is 23.1 Å². The number of hydrogen-bond acceptors (Lipinski definition) is 3. The van der Waals surface area contributed by atoms with Crippen molar-refractivity contribution < 1.29 is 19.4 Å². The summed E-state index contributed by atoms with van der Waals surface area (Å²) in [6, 6.07) is 0. The van der Waals surface area contributed by atoms with Crippen LogP contribution >= 0.6 is 0 Å². The molecule has 0 spiro atoms. The van der Waals surface area contributed by atoms with E-state index in [2.05, 4.69) is 26.0 Å². The van der Waals surface area contributed by atoms with Gasteiger partial charge in [0.05, 0.1) is 0 Å². The van der Waals surface area contributed by atoms with Crippen molar-refractivity contribution in [3.8, 4) is 0 Å². The van der Waals surface area contributed by atoms with E-state index in [4.69, 9.17) is 9.84 Å². The van der Waals surface area contributed by atoms with Gasteiger partial charge in [-0.3, -0.25) is 9.59 Å². The fraction of sp³-hybridized carbons (Fsp3) is 0.862. The third kappa shape index (κ3) is 25.1. The monoisotopic (exact) mass is 466 g/mol. The van der Waals surface area contributed by atoms with E-state index in [0.29, 0.717) is 19.3 Å². The molecule has 0 aliphatic carbocycles. The highest BCUT2D eigenvalue weighted by molar-refractivity contribution is 5.69. The summed E-state index contributed by atoms with van der Waals surface area (Å²) in [7, 11) is 0. The minimum Gasteiger partial charge on any atom is -0.481 e. The highest BCUT2D eigenvalue weighted by Gasteiger charge is 2.14. The first kappa shape index (κ1) is 31.7. The summed E-state index contributed by atoms with van der Waals surface area (Å²) in [6.45, 7) is 4.38. The van der Waals surface area contributed by atoms with Crippen LogP contribution < -0.4 is 0 Å². The van der Waals surface area contributed by atoms with E-state index in [1.807, 2.05) is 0 Å². The van der Waals surface area contributed by atoms with Gasteiger partial charge < -0.3 is 9.84 Å². The van der Waals surface area contributed by atoms with Crippen LogP contribution in [0.1, 0.15) is 155 Å². The fourth-order valence-electron chi connectivity index (χ4n) is 4.11. The summed E-state index contributed by atoms with van der Waals surface area (Å²) in [5, 5.41) is 8.79. The van der Waals surface area contributed by atoms with Crippen LogP contribution in [0.5, 0.6) is 0 Å². The van der Waals surface area contributed by atoms with Crippen molar-refractivity contribution in [1.29, 1.82) is 0 Å². The molecule has 0 aliphatic heterocycles. The number of carbonyl (C=O) groups excluding carboxylic acids is 1. The van der Waals surface area contributed by atoms with Crippen molar-refractivity contribution in [2.45, 2.75) is 161 Å². The first-order chi connectivity index (χ1) is 16.1. The maximum atomic E-state index is 12.1. The van der Waals surface area contributed by atoms with E-state index >= 15 is 0 Å². The van der Waals surface area contributed by atoms with Crippen molar-refractivity contribution in [3.63, 3.8) is 0 Å². The molecule has 0 saturated heterocycles. The molecule has 0 aromatic heterocycles. The third-order valence-corrected chi connectivity index (χ3v) is 6.24. The van der Waals surface area contributed by atoms with Gasteiger partial charge in [-0.05, 0) is 51.4 Å². The Bertz CT molecular complexity index is 472. The minimum absolute atomic E-state index is 0.112. The number of carbonyl (C=O) groups is 2. The lowest BCUT2D eigenvalue weighted by Gasteiger charge is -2.17. The van der Waals surface area contributed by atoms with Crippen molar-refractivity contribution >= 4 is 11.9 Å². The maximum absolute atomic E-state index is 12.1. The summed E-state index contributed by atoms with van der Waals surface area (Å²) in [5.74, 6) is -0.894. The molecule has 33 heavy (non-hydrogen) atoms. The van der Waals surface area contributed by atoms with Crippen molar-refractivity contribution in [1.82, 2.24) is 0 Å². The van der Waals surface area contributed by atoms with Gasteiger partial charge in [0.15, 0.2) is 0 Å². The van der Waals surface area contributed by atoms with Gasteiger partial charge in [-0.25, -0.2) is 0 Å². The van der Waals surface area contributed by atoms with Crippen LogP contribution in [-0.2, 0) is 14.3 Å². The Balaban J connectivity index is 3.55. The molecule has 0 radical (unpaired) electrons. The average Bonchev–Trinajstić information content (AvgIpc) is 2.79. The summed E-state index contributed by atoms with van der Waals surface area (Å²) in [4.78, 5) is 22.8. The number of allylic oxidation sites excluding steroid dienone is 2. The second-order valence-electron chi connectivity index (χ2n) is 9.58. The number of hydrogen-bond donors (Lipinski definition) is 1. The number of carboxylic acid groups (broad SMARTS) is 1. The molecule has 4 heteroatoms. The second kappa shape index (κ2) is 25.3. The van der Waals surface area contributed by atoms with E-state index in [-0.39, 0.29) is 18.5 Å². The van der Waals surface area contributed by atoms with E-state index in [1.54, 1.807) is 0 Å². The second-order valence-corrected chi connectivity index (χ2v) is 9.58. The molecule has 1 atom stereocenters. The van der Waals surface area contributed by atoms with Crippen LogP contribution in [0.25, 0.3) is 0 Å². The van der Waals surface area contributed by atoms with E-state index in [1.165, 1.54) is 83.5 Å². The Morgan fingerprint density at radius 2 is 1.12 bits per heavy atom. The topological polar surface area (TPSA) is 63.6 Å². The SMILES string of the molecule is CCCCCCCC/C=C\CCCCCCCCCC(=O)OC(CCCC)CCCC(=O)O. The third-order valence-electron chi connectivity index (χ3n) is 6.24. The predicted octanol–water partition coefficient (Wildman–Crippen LogP) is 9.16. The van der Waals surface area contributed by atoms with Gasteiger partial charge in [0, 0.05) is 12.8 Å². The lowest BCUT2D eigenvalue weighted by atomic mass is 10.1. The highest BCUT2D eigenvalue weighted by Crippen LogP contribution is 2.16. The van der Waals surface area contributed by atoms with Gasteiger partial charge in [-0.2, -0.15) is 0 Å². The Kier molecular flexibility index (Phi) is 24.3. The normalized spacial score (nSPS) is 12.3. The minimum atomic E-state index is -0.782. The van der Waals surface area contributed by atoms with Crippen molar-refractivity contribution in [2.24, 2.45) is 0 Å². The summed E-state index contributed by atoms with van der Waals surface area (Å²) in [6.07, 6.45) is 28.4. The zero-order valence-corrected chi connectivity index (χ0v) is 22.0. The lowest BCUT2D eigenvalue weighted by molar-refractivity contribution is -0.150. The summed E-state index contributed by atoms with van der Waals surface area (Å²) < 4.78 is 5.62. The molecule has 0 bridgehead atoms. The number of ether oxygens (including phenoxy) is 1. The Morgan fingerprint density at radius 3 is 1.67 bits per heavy atom. The predicted molar refractivity (Wildman–Crippen MR) is 140 cm³/mol. The lowest BCUT2D eigenvalue weighted by Crippen LogP contribution is -2.18. The standard InChI is InChI=1S/C29H54O4/c1-3-5-7-8-9-10-11-12-13-14-15-16-17-18-19-20-21-26-29(32)33-27(23-6-4-2)24-22-25-28(30)31/h12-13,27H,3-11,14-26H2,1-2H3,(H,30,31)/b13-12-. The van der Waals surface area contributed by atoms with E-state index < -0.39 is 5.97 Å². The fourth-order valence-corrected chi connectivity index (χ4v) is 4.11. The molecule has 194 valence electrons. The van der Waals surface area contributed by atoms with E-state index in [0.717, 1.165) is 32.1 Å². The molecular weight excluding hydrogens is 412 g/mol. The van der Waals surface area contributed by atoms with Gasteiger partial charge in [0.1, 0.15) is 6.10 Å². The van der Waals surface area contributed by atoms with Crippen molar-refractivity contribution in [3.05, 3.63) is 12.2 Å². The molecule has 1 unspecified atom stereocenters. The molecule has 1 N–H and O–H groups in total. The first-order valence-electron chi connectivity index (χ1n) is 14.2. The molecule has 0 aromatic rings. The first-order valence-corrected chi connectivity index (χ1v) is 14.2. The summed E-state index contributed by atoms with van der Waals surface area (Å²) in [5.41, 5.74) is 0. The van der Waals surface area contributed by atoms with Crippen LogP contribution in [0.15, 0.2) is 12.2 Å². The van der Waals surface area contributed by atoms with Crippen LogP contribution in [0, 0.1) is 0 Å². The molecule has 0 rings (SSSR count). The maximum Gasteiger partial charge on any atom is 0.306 e. The van der Waals surface area contributed by atoms with Gasteiger partial charge in [-0.15, -0.1) is 0 Å². The zero-order chi connectivity index (χ0) is 24.4. The molecule has 0 fully saturated rings. The number of aliphatic carboxylic acids is 1. The Hall–Kier alpha value is -1.32. The summed E-state index contributed by atoms with van der Waals surface area (Å²) >= 11 is 0. The molecule has 4 nitrogen and oxygen atoms in total. The van der Waals surface area contributed by atoms with Crippen LogP contribution in [0.2, 0.25) is 0 Å². The Labute approximate surface area is 204 Å². The molecule has 0 aliphatic rings. The molecule has 0 aromatic carbocycles. The van der Waals surface area contributed by atoms with Gasteiger partial charge in [0.2, 0.25) is 0 Å². The quantitative estimate of drug-likeness (QED) is 0.0827. The number of esters is 1. The van der Waals surface area contributed by atoms with Crippen molar-refractivity contribution in [2.75, 3.05) is 0 Å². The number of rotatable bonds is 25. The molecule has 0 amide bonds. The van der Waals surface area contributed by atoms with Gasteiger partial charge in [0.25, 0.3) is 0 Å². The number of unbranched alkanes of at least 4 members (excludes halogenated alkanes) is 14.